The molecule has 2 aromatic rings. The normalized spacial score (nSPS) is 10.6. The molecule has 0 aliphatic heterocycles. The minimum Gasteiger partial charge on any atom is -0.493 e. The van der Waals surface area contributed by atoms with E-state index >= 15 is 0 Å². The zero-order chi connectivity index (χ0) is 15.1. The van der Waals surface area contributed by atoms with E-state index < -0.39 is 0 Å². The average molecular weight is 308 g/mol. The fraction of sp³-hybridized carbons (Fsp3) is 0.400. The molecule has 2 rings (SSSR count). The number of methoxy groups -OCH3 is 2. The van der Waals surface area contributed by atoms with E-state index in [0.717, 1.165) is 33.5 Å². The van der Waals surface area contributed by atoms with Crippen LogP contribution in [0.4, 0.5) is 0 Å². The second-order valence-corrected chi connectivity index (χ2v) is 5.53. The van der Waals surface area contributed by atoms with Crippen molar-refractivity contribution in [2.24, 2.45) is 5.73 Å². The molecule has 0 atom stereocenters. The Morgan fingerprint density at radius 1 is 1.19 bits per heavy atom. The molecule has 114 valence electrons. The second kappa shape index (κ2) is 7.97. The predicted molar refractivity (Wildman–Crippen MR) is 82.9 cm³/mol. The van der Waals surface area contributed by atoms with Crippen LogP contribution in [0.25, 0.3) is 0 Å². The molecule has 0 saturated carbocycles. The minimum absolute atomic E-state index is 0.490. The maximum atomic E-state index is 5.75. The molecule has 0 unspecified atom stereocenters. The van der Waals surface area contributed by atoms with Gasteiger partial charge in [-0.05, 0) is 12.1 Å². The molecule has 6 heteroatoms. The van der Waals surface area contributed by atoms with Crippen LogP contribution in [0.3, 0.4) is 0 Å². The minimum atomic E-state index is 0.490. The lowest BCUT2D eigenvalue weighted by molar-refractivity contribution is 0.181. The van der Waals surface area contributed by atoms with Crippen molar-refractivity contribution in [3.05, 3.63) is 39.8 Å². The van der Waals surface area contributed by atoms with Gasteiger partial charge in [-0.1, -0.05) is 12.1 Å². The van der Waals surface area contributed by atoms with Gasteiger partial charge in [0, 0.05) is 25.0 Å². The van der Waals surface area contributed by atoms with E-state index in [-0.39, 0.29) is 0 Å². The van der Waals surface area contributed by atoms with Crippen LogP contribution in [0.2, 0.25) is 0 Å². The first kappa shape index (κ1) is 15.8. The number of para-hydroxylation sites is 2. The largest absolute Gasteiger partial charge is 0.493 e. The Morgan fingerprint density at radius 2 is 1.95 bits per heavy atom. The Morgan fingerprint density at radius 3 is 2.62 bits per heavy atom. The van der Waals surface area contributed by atoms with Crippen molar-refractivity contribution in [1.82, 2.24) is 4.98 Å². The molecular formula is C15H20N2O3S. The summed E-state index contributed by atoms with van der Waals surface area (Å²) in [6.07, 6.45) is 0.736. The Labute approximate surface area is 128 Å². The molecule has 0 saturated heterocycles. The highest BCUT2D eigenvalue weighted by Crippen LogP contribution is 2.26. The van der Waals surface area contributed by atoms with Gasteiger partial charge in [0.2, 0.25) is 0 Å². The molecule has 21 heavy (non-hydrogen) atoms. The zero-order valence-corrected chi connectivity index (χ0v) is 13.1. The molecule has 1 aromatic heterocycles. The number of nitrogens with two attached hydrogens (primary N) is 1. The number of benzene rings is 1. The summed E-state index contributed by atoms with van der Waals surface area (Å²) >= 11 is 1.62. The van der Waals surface area contributed by atoms with Crippen LogP contribution in [0.1, 0.15) is 15.6 Å². The lowest BCUT2D eigenvalue weighted by Crippen LogP contribution is -2.02. The standard InChI is InChI=1S/C15H20N2O3S/c1-18-10-11-14(9-16)21-15(17-11)7-8-20-13-6-4-3-5-12(13)19-2/h3-6H,7-10,16H2,1-2H3. The Kier molecular flexibility index (Phi) is 5.98. The van der Waals surface area contributed by atoms with E-state index in [2.05, 4.69) is 4.98 Å². The molecule has 1 aromatic carbocycles. The lowest BCUT2D eigenvalue weighted by atomic mass is 10.3. The molecular weight excluding hydrogens is 288 g/mol. The average Bonchev–Trinajstić information content (AvgIpc) is 2.90. The molecule has 0 bridgehead atoms. The summed E-state index contributed by atoms with van der Waals surface area (Å²) in [6.45, 7) is 1.53. The van der Waals surface area contributed by atoms with Crippen molar-refractivity contribution in [3.63, 3.8) is 0 Å². The number of hydrogen-bond acceptors (Lipinski definition) is 6. The monoisotopic (exact) mass is 308 g/mol. The van der Waals surface area contributed by atoms with Crippen molar-refractivity contribution in [3.8, 4) is 11.5 Å². The molecule has 0 radical (unpaired) electrons. The molecule has 0 aliphatic carbocycles. The van der Waals surface area contributed by atoms with E-state index in [1.807, 2.05) is 24.3 Å². The van der Waals surface area contributed by atoms with Crippen LogP contribution in [0.15, 0.2) is 24.3 Å². The van der Waals surface area contributed by atoms with Crippen molar-refractivity contribution < 1.29 is 14.2 Å². The third-order valence-corrected chi connectivity index (χ3v) is 4.11. The third-order valence-electron chi connectivity index (χ3n) is 2.93. The Balaban J connectivity index is 1.94. The van der Waals surface area contributed by atoms with Crippen molar-refractivity contribution in [2.45, 2.75) is 19.6 Å². The highest BCUT2D eigenvalue weighted by molar-refractivity contribution is 7.11. The fourth-order valence-electron chi connectivity index (χ4n) is 1.94. The Bertz CT molecular complexity index is 572. The molecule has 2 N–H and O–H groups in total. The van der Waals surface area contributed by atoms with E-state index in [9.17, 15) is 0 Å². The summed E-state index contributed by atoms with van der Waals surface area (Å²) in [6, 6.07) is 7.60. The SMILES string of the molecule is COCc1nc(CCOc2ccccc2OC)sc1CN. The van der Waals surface area contributed by atoms with Gasteiger partial charge >= 0.3 is 0 Å². The summed E-state index contributed by atoms with van der Waals surface area (Å²) in [5.41, 5.74) is 6.65. The summed E-state index contributed by atoms with van der Waals surface area (Å²) in [7, 11) is 3.29. The van der Waals surface area contributed by atoms with Gasteiger partial charge in [-0.2, -0.15) is 0 Å². The number of aromatic nitrogens is 1. The van der Waals surface area contributed by atoms with Gasteiger partial charge in [0.05, 0.1) is 31.0 Å². The van der Waals surface area contributed by atoms with Crippen molar-refractivity contribution in [2.75, 3.05) is 20.8 Å². The molecule has 0 spiro atoms. The summed E-state index contributed by atoms with van der Waals surface area (Å²) < 4.78 is 16.1. The van der Waals surface area contributed by atoms with Gasteiger partial charge in [-0.25, -0.2) is 4.98 Å². The molecule has 0 amide bonds. The highest BCUT2D eigenvalue weighted by atomic mass is 32.1. The summed E-state index contributed by atoms with van der Waals surface area (Å²) in [5.74, 6) is 1.48. The first-order chi connectivity index (χ1) is 10.3. The number of nitrogens with zero attached hydrogens (tertiary/aromatic N) is 1. The molecule has 1 heterocycles. The maximum absolute atomic E-state index is 5.75. The molecule has 0 fully saturated rings. The predicted octanol–water partition coefficient (Wildman–Crippen LogP) is 2.38. The number of ether oxygens (including phenoxy) is 3. The second-order valence-electron chi connectivity index (χ2n) is 4.36. The zero-order valence-electron chi connectivity index (χ0n) is 12.3. The topological polar surface area (TPSA) is 66.6 Å². The van der Waals surface area contributed by atoms with Gasteiger partial charge in [0.1, 0.15) is 0 Å². The fourth-order valence-corrected chi connectivity index (χ4v) is 2.87. The van der Waals surface area contributed by atoms with Gasteiger partial charge in [0.25, 0.3) is 0 Å². The van der Waals surface area contributed by atoms with Crippen LogP contribution in [-0.2, 0) is 24.3 Å². The quantitative estimate of drug-likeness (QED) is 0.811. The van der Waals surface area contributed by atoms with E-state index in [1.165, 1.54) is 0 Å². The lowest BCUT2D eigenvalue weighted by Gasteiger charge is -2.09. The number of hydrogen-bond donors (Lipinski definition) is 1. The highest BCUT2D eigenvalue weighted by Gasteiger charge is 2.10. The van der Waals surface area contributed by atoms with Gasteiger partial charge < -0.3 is 19.9 Å². The summed E-state index contributed by atoms with van der Waals surface area (Å²) in [5, 5.41) is 1.01. The van der Waals surface area contributed by atoms with Gasteiger partial charge in [0.15, 0.2) is 11.5 Å². The van der Waals surface area contributed by atoms with Gasteiger partial charge in [-0.3, -0.25) is 0 Å². The van der Waals surface area contributed by atoms with Crippen molar-refractivity contribution >= 4 is 11.3 Å². The smallest absolute Gasteiger partial charge is 0.161 e. The van der Waals surface area contributed by atoms with Crippen LogP contribution in [-0.4, -0.2) is 25.8 Å². The van der Waals surface area contributed by atoms with E-state index in [0.29, 0.717) is 19.8 Å². The summed E-state index contributed by atoms with van der Waals surface area (Å²) in [4.78, 5) is 5.62. The van der Waals surface area contributed by atoms with Crippen LogP contribution >= 0.6 is 11.3 Å². The van der Waals surface area contributed by atoms with E-state index in [4.69, 9.17) is 19.9 Å². The first-order valence-corrected chi connectivity index (χ1v) is 7.52. The van der Waals surface area contributed by atoms with Crippen molar-refractivity contribution in [1.29, 1.82) is 0 Å². The van der Waals surface area contributed by atoms with Crippen LogP contribution < -0.4 is 15.2 Å². The van der Waals surface area contributed by atoms with Gasteiger partial charge in [-0.15, -0.1) is 11.3 Å². The number of rotatable bonds is 8. The van der Waals surface area contributed by atoms with Crippen LogP contribution in [0, 0.1) is 0 Å². The van der Waals surface area contributed by atoms with Crippen LogP contribution in [0.5, 0.6) is 11.5 Å². The Hall–Kier alpha value is -1.63. The molecule has 5 nitrogen and oxygen atoms in total. The first-order valence-electron chi connectivity index (χ1n) is 6.70. The molecule has 0 aliphatic rings. The number of thiazole rings is 1. The third kappa shape index (κ3) is 4.17. The maximum Gasteiger partial charge on any atom is 0.161 e. The van der Waals surface area contributed by atoms with E-state index in [1.54, 1.807) is 25.6 Å².